The Labute approximate surface area is 158 Å². The number of hydrogen-bond donors (Lipinski definition) is 1. The van der Waals surface area contributed by atoms with E-state index in [1.54, 1.807) is 18.3 Å². The van der Waals surface area contributed by atoms with Crippen LogP contribution in [0.4, 0.5) is 0 Å². The first kappa shape index (κ1) is 17.4. The molecule has 0 aromatic heterocycles. The van der Waals surface area contributed by atoms with Crippen LogP contribution in [0.5, 0.6) is 11.5 Å². The number of carbonyl (C=O) groups is 1. The van der Waals surface area contributed by atoms with Gasteiger partial charge >= 0.3 is 0 Å². The maximum atomic E-state index is 12.9. The van der Waals surface area contributed by atoms with E-state index in [4.69, 9.17) is 14.2 Å². The van der Waals surface area contributed by atoms with Crippen LogP contribution in [-0.2, 0) is 11.3 Å². The molecule has 2 aromatic carbocycles. The van der Waals surface area contributed by atoms with Crippen LogP contribution in [0.1, 0.15) is 22.8 Å². The van der Waals surface area contributed by atoms with E-state index in [9.17, 15) is 4.79 Å². The van der Waals surface area contributed by atoms with Crippen molar-refractivity contribution in [1.29, 1.82) is 0 Å². The Balaban J connectivity index is 1.48. The van der Waals surface area contributed by atoms with Crippen molar-refractivity contribution in [2.24, 2.45) is 0 Å². The number of nitrogens with one attached hydrogen (secondary N) is 1. The minimum atomic E-state index is -0.739. The summed E-state index contributed by atoms with van der Waals surface area (Å²) in [6.45, 7) is 2.49. The van der Waals surface area contributed by atoms with Crippen molar-refractivity contribution in [1.82, 2.24) is 5.32 Å². The molecule has 27 heavy (non-hydrogen) atoms. The lowest BCUT2D eigenvalue weighted by Gasteiger charge is -2.34. The van der Waals surface area contributed by atoms with Crippen LogP contribution < -0.4 is 14.8 Å². The highest BCUT2D eigenvalue weighted by Gasteiger charge is 2.35. The van der Waals surface area contributed by atoms with Crippen LogP contribution in [0.3, 0.4) is 0 Å². The molecule has 5 heteroatoms. The summed E-state index contributed by atoms with van der Waals surface area (Å²) < 4.78 is 17.6. The Kier molecular flexibility index (Phi) is 4.69. The summed E-state index contributed by atoms with van der Waals surface area (Å²) in [5.41, 5.74) is 0.808. The van der Waals surface area contributed by atoms with Crippen molar-refractivity contribution in [2.75, 3.05) is 6.61 Å². The molecular formula is C22H21NO4. The van der Waals surface area contributed by atoms with E-state index < -0.39 is 11.8 Å². The standard InChI is InChI=1S/C22H21NO4/c1-22(11-5-6-12-23-22)27-20-15-26-19-10-9-17(13-18(19)21(20)24)25-14-16-7-3-2-4-8-16/h2-13,20,23H,14-15H2,1H3. The lowest BCUT2D eigenvalue weighted by molar-refractivity contribution is -0.0684. The number of hydrogen-bond acceptors (Lipinski definition) is 5. The third-order valence-corrected chi connectivity index (χ3v) is 4.53. The average molecular weight is 363 g/mol. The number of ether oxygens (including phenoxy) is 3. The van der Waals surface area contributed by atoms with Crippen LogP contribution in [0.15, 0.2) is 73.0 Å². The van der Waals surface area contributed by atoms with Gasteiger partial charge in [-0.05, 0) is 49.0 Å². The van der Waals surface area contributed by atoms with Crippen molar-refractivity contribution < 1.29 is 19.0 Å². The van der Waals surface area contributed by atoms with Crippen molar-refractivity contribution in [3.63, 3.8) is 0 Å². The molecule has 2 aliphatic heterocycles. The summed E-state index contributed by atoms with van der Waals surface area (Å²) in [5.74, 6) is 1.08. The van der Waals surface area contributed by atoms with E-state index in [0.29, 0.717) is 23.7 Å². The molecule has 2 unspecified atom stereocenters. The van der Waals surface area contributed by atoms with E-state index in [2.05, 4.69) is 5.32 Å². The Morgan fingerprint density at radius 2 is 2.04 bits per heavy atom. The molecule has 2 atom stereocenters. The molecule has 0 bridgehead atoms. The van der Waals surface area contributed by atoms with Crippen molar-refractivity contribution in [3.8, 4) is 11.5 Å². The van der Waals surface area contributed by atoms with Crippen LogP contribution in [-0.4, -0.2) is 24.2 Å². The van der Waals surface area contributed by atoms with Crippen LogP contribution in [0.2, 0.25) is 0 Å². The molecule has 2 aliphatic rings. The van der Waals surface area contributed by atoms with Gasteiger partial charge in [0.15, 0.2) is 17.6 Å². The molecular weight excluding hydrogens is 342 g/mol. The van der Waals surface area contributed by atoms with Gasteiger partial charge in [-0.15, -0.1) is 0 Å². The van der Waals surface area contributed by atoms with Crippen LogP contribution >= 0.6 is 0 Å². The van der Waals surface area contributed by atoms with Gasteiger partial charge in [0.25, 0.3) is 0 Å². The van der Waals surface area contributed by atoms with Crippen molar-refractivity contribution in [2.45, 2.75) is 25.4 Å². The van der Waals surface area contributed by atoms with Gasteiger partial charge in [0, 0.05) is 0 Å². The van der Waals surface area contributed by atoms with Gasteiger partial charge in [0.05, 0.1) is 5.56 Å². The Morgan fingerprint density at radius 3 is 2.81 bits per heavy atom. The second kappa shape index (κ2) is 7.29. The molecule has 0 fully saturated rings. The smallest absolute Gasteiger partial charge is 0.199 e. The molecule has 0 amide bonds. The zero-order valence-electron chi connectivity index (χ0n) is 15.1. The molecule has 138 valence electrons. The fourth-order valence-corrected chi connectivity index (χ4v) is 3.09. The Bertz CT molecular complexity index is 890. The van der Waals surface area contributed by atoms with Gasteiger partial charge in [0.2, 0.25) is 0 Å². The van der Waals surface area contributed by atoms with Crippen LogP contribution in [0, 0.1) is 0 Å². The predicted octanol–water partition coefficient (Wildman–Crippen LogP) is 3.62. The first-order valence-electron chi connectivity index (χ1n) is 8.91. The molecule has 0 saturated heterocycles. The number of Topliss-reactive ketones (excluding diaryl/α,β-unsaturated/α-hetero) is 1. The maximum Gasteiger partial charge on any atom is 0.199 e. The lowest BCUT2D eigenvalue weighted by atomic mass is 10.0. The third-order valence-electron chi connectivity index (χ3n) is 4.53. The van der Waals surface area contributed by atoms with E-state index in [1.807, 2.05) is 61.5 Å². The van der Waals surface area contributed by atoms with Gasteiger partial charge in [-0.3, -0.25) is 4.79 Å². The highest BCUT2D eigenvalue weighted by Crippen LogP contribution is 2.31. The second-order valence-electron chi connectivity index (χ2n) is 6.68. The number of allylic oxidation sites excluding steroid dienone is 2. The molecule has 2 aromatic rings. The lowest BCUT2D eigenvalue weighted by Crippen LogP contribution is -2.48. The molecule has 0 aliphatic carbocycles. The first-order chi connectivity index (χ1) is 13.1. The summed E-state index contributed by atoms with van der Waals surface area (Å²) in [4.78, 5) is 12.9. The SMILES string of the molecule is CC1(OC2COc3ccc(OCc4ccccc4)cc3C2=O)C=CC=CN1. The van der Waals surface area contributed by atoms with Gasteiger partial charge in [-0.1, -0.05) is 36.4 Å². The molecule has 4 rings (SSSR count). The molecule has 2 heterocycles. The fourth-order valence-electron chi connectivity index (χ4n) is 3.09. The largest absolute Gasteiger partial charge is 0.490 e. The highest BCUT2D eigenvalue weighted by molar-refractivity contribution is 6.03. The average Bonchev–Trinajstić information content (AvgIpc) is 2.70. The van der Waals surface area contributed by atoms with Gasteiger partial charge < -0.3 is 19.5 Å². The van der Waals surface area contributed by atoms with Gasteiger partial charge in [-0.2, -0.15) is 0 Å². The van der Waals surface area contributed by atoms with Crippen molar-refractivity contribution in [3.05, 3.63) is 84.1 Å². The summed E-state index contributed by atoms with van der Waals surface area (Å²) in [6.07, 6.45) is 6.73. The zero-order chi connectivity index (χ0) is 18.7. The highest BCUT2D eigenvalue weighted by atomic mass is 16.6. The Morgan fingerprint density at radius 1 is 1.19 bits per heavy atom. The van der Waals surface area contributed by atoms with E-state index in [1.165, 1.54) is 0 Å². The summed E-state index contributed by atoms with van der Waals surface area (Å²) in [6, 6.07) is 15.2. The number of dihydropyridines is 1. The van der Waals surface area contributed by atoms with Gasteiger partial charge in [0.1, 0.15) is 24.7 Å². The quantitative estimate of drug-likeness (QED) is 0.879. The number of rotatable bonds is 5. The topological polar surface area (TPSA) is 56.8 Å². The van der Waals surface area contributed by atoms with E-state index in [-0.39, 0.29) is 12.4 Å². The minimum Gasteiger partial charge on any atom is -0.490 e. The number of carbonyl (C=O) groups excluding carboxylic acids is 1. The molecule has 0 spiro atoms. The van der Waals surface area contributed by atoms with Gasteiger partial charge in [-0.25, -0.2) is 0 Å². The maximum absolute atomic E-state index is 12.9. The number of benzene rings is 2. The fraction of sp³-hybridized carbons (Fsp3) is 0.227. The monoisotopic (exact) mass is 363 g/mol. The van der Waals surface area contributed by atoms with E-state index >= 15 is 0 Å². The number of ketones is 1. The second-order valence-corrected chi connectivity index (χ2v) is 6.68. The Hall–Kier alpha value is -3.05. The molecule has 0 saturated carbocycles. The summed E-state index contributed by atoms with van der Waals surface area (Å²) in [7, 11) is 0. The molecule has 1 N–H and O–H groups in total. The number of fused-ring (bicyclic) bond motifs is 1. The zero-order valence-corrected chi connectivity index (χ0v) is 15.1. The third kappa shape index (κ3) is 3.88. The predicted molar refractivity (Wildman–Crippen MR) is 102 cm³/mol. The van der Waals surface area contributed by atoms with E-state index in [0.717, 1.165) is 5.56 Å². The molecule has 0 radical (unpaired) electrons. The summed E-state index contributed by atoms with van der Waals surface area (Å²) >= 11 is 0. The summed E-state index contributed by atoms with van der Waals surface area (Å²) in [5, 5.41) is 3.12. The molecule has 5 nitrogen and oxygen atoms in total. The normalized spacial score (nSPS) is 23.3. The van der Waals surface area contributed by atoms with Crippen LogP contribution in [0.25, 0.3) is 0 Å². The van der Waals surface area contributed by atoms with Crippen molar-refractivity contribution >= 4 is 5.78 Å². The minimum absolute atomic E-state index is 0.104. The first-order valence-corrected chi connectivity index (χ1v) is 8.91.